The zero-order chi connectivity index (χ0) is 28.3. The normalized spacial score (nSPS) is 12.1. The molecule has 0 heterocycles. The predicted octanol–water partition coefficient (Wildman–Crippen LogP) is 7.49. The molecule has 216 valence electrons. The lowest BCUT2D eigenvalue weighted by atomic mass is 10.0. The number of hydrogen-bond acceptors (Lipinski definition) is 6. The Bertz CT molecular complexity index is 1000. The number of hydrogen-bond donors (Lipinski definition) is 2. The summed E-state index contributed by atoms with van der Waals surface area (Å²) in [6.07, 6.45) is 8.21. The van der Waals surface area contributed by atoms with E-state index < -0.39 is 19.7 Å². The van der Waals surface area contributed by atoms with E-state index in [1.807, 2.05) is 42.5 Å². The first-order valence-corrected chi connectivity index (χ1v) is 15.8. The van der Waals surface area contributed by atoms with Crippen LogP contribution in [0.15, 0.2) is 54.6 Å². The van der Waals surface area contributed by atoms with Gasteiger partial charge in [-0.2, -0.15) is 0 Å². The molecular formula is C30H43O8P. The van der Waals surface area contributed by atoms with E-state index in [0.717, 1.165) is 24.8 Å². The van der Waals surface area contributed by atoms with Crippen LogP contribution in [0.2, 0.25) is 0 Å². The van der Waals surface area contributed by atoms with Crippen molar-refractivity contribution in [2.75, 3.05) is 12.8 Å². The first-order chi connectivity index (χ1) is 18.8. The zero-order valence-corrected chi connectivity index (χ0v) is 23.9. The Morgan fingerprint density at radius 3 is 2.08 bits per heavy atom. The summed E-state index contributed by atoms with van der Waals surface area (Å²) in [6.45, 7) is 2.28. The second-order valence-electron chi connectivity index (χ2n) is 9.69. The Morgan fingerprint density at radius 2 is 1.41 bits per heavy atom. The molecule has 0 radical (unpaired) electrons. The van der Waals surface area contributed by atoms with E-state index in [2.05, 4.69) is 6.92 Å². The molecule has 9 heteroatoms. The van der Waals surface area contributed by atoms with Crippen molar-refractivity contribution >= 4 is 19.5 Å². The Kier molecular flexibility index (Phi) is 15.5. The van der Waals surface area contributed by atoms with Crippen molar-refractivity contribution in [1.82, 2.24) is 0 Å². The average molecular weight is 563 g/mol. The van der Waals surface area contributed by atoms with Gasteiger partial charge in [-0.25, -0.2) is 0 Å². The third-order valence-corrected chi connectivity index (χ3v) is 7.11. The van der Waals surface area contributed by atoms with Crippen LogP contribution >= 0.6 is 7.60 Å². The van der Waals surface area contributed by atoms with Crippen LogP contribution < -0.4 is 4.74 Å². The molecule has 0 aromatic heterocycles. The van der Waals surface area contributed by atoms with Gasteiger partial charge in [0.2, 0.25) is 0 Å². The van der Waals surface area contributed by atoms with Gasteiger partial charge in [0.15, 0.2) is 0 Å². The van der Waals surface area contributed by atoms with Gasteiger partial charge in [-0.15, -0.1) is 0 Å². The molecule has 0 fully saturated rings. The van der Waals surface area contributed by atoms with E-state index in [-0.39, 0.29) is 38.0 Å². The number of carbonyl (C=O) groups excluding carboxylic acids is 2. The van der Waals surface area contributed by atoms with Gasteiger partial charge >= 0.3 is 19.5 Å². The number of benzene rings is 2. The average Bonchev–Trinajstić information content (AvgIpc) is 2.91. The van der Waals surface area contributed by atoms with Crippen LogP contribution in [0.25, 0.3) is 0 Å². The fraction of sp³-hybridized carbons (Fsp3) is 0.533. The SMILES string of the molecule is CCCCCCCCCC(=O)OC(CCC(=O)OCCCCP(=O)(O)O)c1ccc(Oc2ccccc2)cc1. The topological polar surface area (TPSA) is 119 Å². The minimum absolute atomic E-state index is 0.0517. The minimum atomic E-state index is -4.04. The second kappa shape index (κ2) is 18.6. The summed E-state index contributed by atoms with van der Waals surface area (Å²) in [4.78, 5) is 42.7. The molecule has 2 N–H and O–H groups in total. The molecule has 0 aliphatic rings. The Morgan fingerprint density at radius 1 is 0.769 bits per heavy atom. The highest BCUT2D eigenvalue weighted by Crippen LogP contribution is 2.35. The third kappa shape index (κ3) is 15.5. The highest BCUT2D eigenvalue weighted by atomic mass is 31.2. The van der Waals surface area contributed by atoms with Crippen molar-refractivity contribution in [3.8, 4) is 11.5 Å². The van der Waals surface area contributed by atoms with Crippen LogP contribution in [-0.2, 0) is 23.6 Å². The van der Waals surface area contributed by atoms with Crippen molar-refractivity contribution in [2.24, 2.45) is 0 Å². The largest absolute Gasteiger partial charge is 0.466 e. The molecule has 0 spiro atoms. The molecule has 2 aromatic rings. The van der Waals surface area contributed by atoms with Gasteiger partial charge in [0, 0.05) is 19.0 Å². The highest BCUT2D eigenvalue weighted by Gasteiger charge is 2.19. The van der Waals surface area contributed by atoms with Crippen molar-refractivity contribution in [3.63, 3.8) is 0 Å². The molecule has 39 heavy (non-hydrogen) atoms. The van der Waals surface area contributed by atoms with E-state index in [1.54, 1.807) is 12.1 Å². The lowest BCUT2D eigenvalue weighted by Gasteiger charge is -2.19. The molecule has 2 aromatic carbocycles. The number of rotatable bonds is 20. The van der Waals surface area contributed by atoms with Gasteiger partial charge in [0.05, 0.1) is 6.61 Å². The lowest BCUT2D eigenvalue weighted by Crippen LogP contribution is -2.14. The summed E-state index contributed by atoms with van der Waals surface area (Å²) in [5.41, 5.74) is 0.762. The van der Waals surface area contributed by atoms with Crippen molar-refractivity contribution in [2.45, 2.75) is 90.1 Å². The summed E-state index contributed by atoms with van der Waals surface area (Å²) in [5.74, 6) is 0.631. The van der Waals surface area contributed by atoms with Gasteiger partial charge in [-0.05, 0) is 55.5 Å². The van der Waals surface area contributed by atoms with Crippen LogP contribution in [0, 0.1) is 0 Å². The van der Waals surface area contributed by atoms with Gasteiger partial charge < -0.3 is 24.0 Å². The Labute approximate surface area is 232 Å². The summed E-state index contributed by atoms with van der Waals surface area (Å²) < 4.78 is 27.8. The molecule has 0 saturated heterocycles. The summed E-state index contributed by atoms with van der Waals surface area (Å²) in [5, 5.41) is 0. The fourth-order valence-electron chi connectivity index (χ4n) is 4.04. The number of ether oxygens (including phenoxy) is 3. The Balaban J connectivity index is 1.88. The maximum Gasteiger partial charge on any atom is 0.325 e. The molecule has 1 unspecified atom stereocenters. The molecule has 0 amide bonds. The molecule has 1 atom stereocenters. The van der Waals surface area contributed by atoms with Crippen LogP contribution in [0.3, 0.4) is 0 Å². The summed E-state index contributed by atoms with van der Waals surface area (Å²) in [6, 6.07) is 16.7. The fourth-order valence-corrected chi connectivity index (χ4v) is 4.68. The second-order valence-corrected chi connectivity index (χ2v) is 11.5. The number of para-hydroxylation sites is 1. The van der Waals surface area contributed by atoms with Gasteiger partial charge in [-0.1, -0.05) is 75.8 Å². The van der Waals surface area contributed by atoms with Crippen molar-refractivity contribution < 1.29 is 38.2 Å². The van der Waals surface area contributed by atoms with Gasteiger partial charge in [0.1, 0.15) is 17.6 Å². The molecule has 8 nitrogen and oxygen atoms in total. The molecular weight excluding hydrogens is 519 g/mol. The number of esters is 2. The molecule has 0 aliphatic carbocycles. The van der Waals surface area contributed by atoms with E-state index in [1.165, 1.54) is 25.7 Å². The predicted molar refractivity (Wildman–Crippen MR) is 151 cm³/mol. The molecule has 0 saturated carbocycles. The van der Waals surface area contributed by atoms with Crippen LogP contribution in [0.4, 0.5) is 0 Å². The molecule has 2 rings (SSSR count). The van der Waals surface area contributed by atoms with Crippen LogP contribution in [-0.4, -0.2) is 34.5 Å². The van der Waals surface area contributed by atoms with E-state index in [0.29, 0.717) is 24.3 Å². The first-order valence-electron chi connectivity index (χ1n) is 14.0. The quantitative estimate of drug-likeness (QED) is 0.0968. The minimum Gasteiger partial charge on any atom is -0.466 e. The molecule has 0 bridgehead atoms. The molecule has 0 aliphatic heterocycles. The maximum atomic E-state index is 12.6. The number of unbranched alkanes of at least 4 members (excludes halogenated alkanes) is 7. The van der Waals surface area contributed by atoms with Crippen LogP contribution in [0.5, 0.6) is 11.5 Å². The van der Waals surface area contributed by atoms with E-state index in [4.69, 9.17) is 24.0 Å². The number of carbonyl (C=O) groups is 2. The summed E-state index contributed by atoms with van der Waals surface area (Å²) >= 11 is 0. The zero-order valence-electron chi connectivity index (χ0n) is 23.0. The van der Waals surface area contributed by atoms with E-state index in [9.17, 15) is 14.2 Å². The standard InChI is InChI=1S/C30H43O8P/c1-2-3-4-5-6-7-11-16-30(32)38-28(21-22-29(31)36-23-12-13-24-39(33,34)35)25-17-19-27(20-18-25)37-26-14-9-8-10-15-26/h8-10,14-15,17-20,28H,2-7,11-13,16,21-24H2,1H3,(H2,33,34,35). The van der Waals surface area contributed by atoms with Crippen molar-refractivity contribution in [3.05, 3.63) is 60.2 Å². The van der Waals surface area contributed by atoms with E-state index >= 15 is 0 Å². The first kappa shape index (κ1) is 32.5. The Hall–Kier alpha value is -2.67. The van der Waals surface area contributed by atoms with Gasteiger partial charge in [-0.3, -0.25) is 14.2 Å². The monoisotopic (exact) mass is 562 g/mol. The third-order valence-electron chi connectivity index (χ3n) is 6.21. The summed E-state index contributed by atoms with van der Waals surface area (Å²) in [7, 11) is -4.04. The van der Waals surface area contributed by atoms with Crippen molar-refractivity contribution in [1.29, 1.82) is 0 Å². The van der Waals surface area contributed by atoms with Gasteiger partial charge in [0.25, 0.3) is 0 Å². The highest BCUT2D eigenvalue weighted by molar-refractivity contribution is 7.51. The smallest absolute Gasteiger partial charge is 0.325 e. The maximum absolute atomic E-state index is 12.6. The van der Waals surface area contributed by atoms with Crippen LogP contribution in [0.1, 0.15) is 95.6 Å². The lowest BCUT2D eigenvalue weighted by molar-refractivity contribution is -0.153.